The number of hydrogen-bond donors (Lipinski definition) is 1. The molecule has 0 saturated carbocycles. The van der Waals surface area contributed by atoms with E-state index in [4.69, 9.17) is 23.2 Å². The van der Waals surface area contributed by atoms with E-state index in [0.717, 1.165) is 5.56 Å². The van der Waals surface area contributed by atoms with Crippen LogP contribution in [0.3, 0.4) is 0 Å². The van der Waals surface area contributed by atoms with Crippen molar-refractivity contribution in [3.63, 3.8) is 0 Å². The maximum Gasteiger partial charge on any atom is 0.274 e. The van der Waals surface area contributed by atoms with Gasteiger partial charge in [0.2, 0.25) is 0 Å². The van der Waals surface area contributed by atoms with Crippen LogP contribution in [0.1, 0.15) is 18.1 Å². The molecule has 2 aromatic rings. The van der Waals surface area contributed by atoms with Gasteiger partial charge in [-0.2, -0.15) is 0 Å². The van der Waals surface area contributed by atoms with Crippen LogP contribution in [0.4, 0.5) is 11.4 Å². The molecule has 0 radical (unpaired) electrons. The van der Waals surface area contributed by atoms with Crippen LogP contribution in [-0.4, -0.2) is 4.92 Å². The smallest absolute Gasteiger partial charge is 0.274 e. The molecule has 0 fully saturated rings. The third-order valence-corrected chi connectivity index (χ3v) is 3.76. The molecular formula is C15H14Cl2N2O2. The van der Waals surface area contributed by atoms with E-state index in [2.05, 4.69) is 5.32 Å². The predicted octanol–water partition coefficient (Wildman–Crippen LogP) is 5.08. The van der Waals surface area contributed by atoms with Crippen LogP contribution in [0, 0.1) is 10.1 Å². The molecule has 0 aliphatic carbocycles. The summed E-state index contributed by atoms with van der Waals surface area (Å²) in [5.41, 5.74) is 2.35. The van der Waals surface area contributed by atoms with E-state index in [1.54, 1.807) is 24.3 Å². The fraction of sp³-hybridized carbons (Fsp3) is 0.200. The fourth-order valence-electron chi connectivity index (χ4n) is 2.02. The highest BCUT2D eigenvalue weighted by Gasteiger charge is 2.13. The predicted molar refractivity (Wildman–Crippen MR) is 86.3 cm³/mol. The van der Waals surface area contributed by atoms with Gasteiger partial charge in [0.25, 0.3) is 5.69 Å². The molecule has 0 aliphatic heterocycles. The van der Waals surface area contributed by atoms with Gasteiger partial charge in [-0.15, -0.1) is 0 Å². The van der Waals surface area contributed by atoms with Gasteiger partial charge in [-0.1, -0.05) is 36.2 Å². The highest BCUT2D eigenvalue weighted by atomic mass is 35.5. The van der Waals surface area contributed by atoms with Gasteiger partial charge in [0, 0.05) is 33.9 Å². The number of rotatable bonds is 5. The lowest BCUT2D eigenvalue weighted by Crippen LogP contribution is -2.02. The standard InChI is InChI=1S/C15H14Cl2N2O2/c1-2-10-3-5-13(8-15(10)19(20)21)18-9-11-7-12(16)4-6-14(11)17/h3-8,18H,2,9H2,1H3. The number of anilines is 1. The second-order valence-electron chi connectivity index (χ2n) is 4.54. The molecule has 0 unspecified atom stereocenters. The van der Waals surface area contributed by atoms with Crippen LogP contribution in [0.25, 0.3) is 0 Å². The van der Waals surface area contributed by atoms with Crippen molar-refractivity contribution in [2.75, 3.05) is 5.32 Å². The molecule has 0 atom stereocenters. The van der Waals surface area contributed by atoms with Crippen molar-refractivity contribution < 1.29 is 4.92 Å². The second kappa shape index (κ2) is 6.78. The summed E-state index contributed by atoms with van der Waals surface area (Å²) in [6.07, 6.45) is 0.622. The minimum absolute atomic E-state index is 0.125. The molecule has 0 bridgehead atoms. The van der Waals surface area contributed by atoms with E-state index < -0.39 is 0 Å². The summed E-state index contributed by atoms with van der Waals surface area (Å²) < 4.78 is 0. The number of nitro benzene ring substituents is 1. The lowest BCUT2D eigenvalue weighted by molar-refractivity contribution is -0.385. The summed E-state index contributed by atoms with van der Waals surface area (Å²) in [4.78, 5) is 10.7. The molecule has 0 saturated heterocycles. The highest BCUT2D eigenvalue weighted by Crippen LogP contribution is 2.25. The van der Waals surface area contributed by atoms with Crippen molar-refractivity contribution in [1.29, 1.82) is 0 Å². The van der Waals surface area contributed by atoms with E-state index in [9.17, 15) is 10.1 Å². The van der Waals surface area contributed by atoms with Crippen molar-refractivity contribution in [1.82, 2.24) is 0 Å². The van der Waals surface area contributed by atoms with Crippen molar-refractivity contribution in [2.45, 2.75) is 19.9 Å². The summed E-state index contributed by atoms with van der Waals surface area (Å²) in [6, 6.07) is 10.3. The van der Waals surface area contributed by atoms with Gasteiger partial charge in [-0.3, -0.25) is 10.1 Å². The Labute approximate surface area is 132 Å². The molecule has 0 aromatic heterocycles. The highest BCUT2D eigenvalue weighted by molar-refractivity contribution is 6.33. The third-order valence-electron chi connectivity index (χ3n) is 3.15. The molecule has 0 heterocycles. The zero-order valence-corrected chi connectivity index (χ0v) is 12.9. The van der Waals surface area contributed by atoms with E-state index in [1.165, 1.54) is 6.07 Å². The number of hydrogen-bond acceptors (Lipinski definition) is 3. The Hall–Kier alpha value is -1.78. The molecular weight excluding hydrogens is 311 g/mol. The van der Waals surface area contributed by atoms with Crippen molar-refractivity contribution >= 4 is 34.6 Å². The molecule has 21 heavy (non-hydrogen) atoms. The summed E-state index contributed by atoms with van der Waals surface area (Å²) >= 11 is 12.0. The minimum Gasteiger partial charge on any atom is -0.381 e. The monoisotopic (exact) mass is 324 g/mol. The summed E-state index contributed by atoms with van der Waals surface area (Å²) in [5.74, 6) is 0. The van der Waals surface area contributed by atoms with Crippen LogP contribution in [0.5, 0.6) is 0 Å². The number of nitrogens with one attached hydrogen (secondary N) is 1. The third kappa shape index (κ3) is 3.86. The van der Waals surface area contributed by atoms with E-state index >= 15 is 0 Å². The molecule has 1 N–H and O–H groups in total. The number of nitro groups is 1. The van der Waals surface area contributed by atoms with Crippen LogP contribution >= 0.6 is 23.2 Å². The molecule has 110 valence electrons. The Kier molecular flexibility index (Phi) is 5.04. The molecule has 2 aromatic carbocycles. The van der Waals surface area contributed by atoms with Crippen molar-refractivity contribution in [3.8, 4) is 0 Å². The van der Waals surface area contributed by atoms with Gasteiger partial charge in [0.15, 0.2) is 0 Å². The molecule has 0 aliphatic rings. The Balaban J connectivity index is 2.18. The molecule has 0 amide bonds. The first kappa shape index (κ1) is 15.6. The number of aryl methyl sites for hydroxylation is 1. The molecule has 4 nitrogen and oxygen atoms in total. The average Bonchev–Trinajstić information content (AvgIpc) is 2.47. The Morgan fingerprint density at radius 1 is 1.14 bits per heavy atom. The quantitative estimate of drug-likeness (QED) is 0.616. The Morgan fingerprint density at radius 2 is 1.90 bits per heavy atom. The molecule has 6 heteroatoms. The van der Waals surface area contributed by atoms with E-state index in [1.807, 2.05) is 13.0 Å². The summed E-state index contributed by atoms with van der Waals surface area (Å²) in [7, 11) is 0. The topological polar surface area (TPSA) is 55.2 Å². The summed E-state index contributed by atoms with van der Waals surface area (Å²) in [6.45, 7) is 2.34. The average molecular weight is 325 g/mol. The van der Waals surface area contributed by atoms with Gasteiger partial charge in [-0.05, 0) is 36.2 Å². The van der Waals surface area contributed by atoms with E-state index in [-0.39, 0.29) is 10.6 Å². The zero-order valence-electron chi connectivity index (χ0n) is 11.4. The van der Waals surface area contributed by atoms with Gasteiger partial charge in [-0.25, -0.2) is 0 Å². The lowest BCUT2D eigenvalue weighted by Gasteiger charge is -2.09. The van der Waals surface area contributed by atoms with Gasteiger partial charge >= 0.3 is 0 Å². The largest absolute Gasteiger partial charge is 0.381 e. The first-order chi connectivity index (χ1) is 10.0. The first-order valence-electron chi connectivity index (χ1n) is 6.46. The van der Waals surface area contributed by atoms with Gasteiger partial charge in [0.1, 0.15) is 0 Å². The Bertz CT molecular complexity index is 675. The fourth-order valence-corrected chi connectivity index (χ4v) is 2.40. The number of halogens is 2. The maximum absolute atomic E-state index is 11.0. The first-order valence-corrected chi connectivity index (χ1v) is 7.22. The van der Waals surface area contributed by atoms with Crippen LogP contribution in [0.2, 0.25) is 10.0 Å². The SMILES string of the molecule is CCc1ccc(NCc2cc(Cl)ccc2Cl)cc1[N+](=O)[O-]. The minimum atomic E-state index is -0.365. The normalized spacial score (nSPS) is 10.4. The van der Waals surface area contributed by atoms with Crippen molar-refractivity contribution in [3.05, 3.63) is 67.7 Å². The number of benzene rings is 2. The van der Waals surface area contributed by atoms with Gasteiger partial charge in [0.05, 0.1) is 4.92 Å². The van der Waals surface area contributed by atoms with Crippen LogP contribution < -0.4 is 5.32 Å². The van der Waals surface area contributed by atoms with Crippen molar-refractivity contribution in [2.24, 2.45) is 0 Å². The van der Waals surface area contributed by atoms with Crippen LogP contribution in [-0.2, 0) is 13.0 Å². The molecule has 2 rings (SSSR count). The second-order valence-corrected chi connectivity index (χ2v) is 5.39. The lowest BCUT2D eigenvalue weighted by atomic mass is 10.1. The Morgan fingerprint density at radius 3 is 2.57 bits per heavy atom. The van der Waals surface area contributed by atoms with Gasteiger partial charge < -0.3 is 5.32 Å². The maximum atomic E-state index is 11.0. The molecule has 0 spiro atoms. The van der Waals surface area contributed by atoms with Crippen LogP contribution in [0.15, 0.2) is 36.4 Å². The van der Waals surface area contributed by atoms with E-state index in [0.29, 0.717) is 34.3 Å². The zero-order chi connectivity index (χ0) is 15.4. The number of nitrogens with zero attached hydrogens (tertiary/aromatic N) is 1. The summed E-state index contributed by atoms with van der Waals surface area (Å²) in [5, 5.41) is 15.4.